The number of nitrogens with zero attached hydrogens (tertiary/aromatic N) is 5. The molecule has 1 atom stereocenters. The monoisotopic (exact) mass is 547 g/mol. The third kappa shape index (κ3) is 5.35. The van der Waals surface area contributed by atoms with Gasteiger partial charge in [0.1, 0.15) is 17.6 Å². The molecule has 5 aromatic rings. The molecular formula is C31H25N5O5. The average Bonchev–Trinajstić information content (AvgIpc) is 3.81. The quantitative estimate of drug-likeness (QED) is 0.249. The summed E-state index contributed by atoms with van der Waals surface area (Å²) in [5.41, 5.74) is 3.05. The van der Waals surface area contributed by atoms with Gasteiger partial charge in [-0.15, -0.1) is 5.10 Å². The summed E-state index contributed by atoms with van der Waals surface area (Å²) in [4.78, 5) is 30.8. The first-order valence-corrected chi connectivity index (χ1v) is 12.9. The molecular weight excluding hydrogens is 522 g/mol. The van der Waals surface area contributed by atoms with E-state index in [1.54, 1.807) is 30.2 Å². The molecule has 0 spiro atoms. The van der Waals surface area contributed by atoms with Gasteiger partial charge in [0, 0.05) is 12.0 Å². The van der Waals surface area contributed by atoms with Gasteiger partial charge in [-0.1, -0.05) is 48.5 Å². The van der Waals surface area contributed by atoms with Crippen molar-refractivity contribution in [2.24, 2.45) is 5.10 Å². The van der Waals surface area contributed by atoms with E-state index >= 15 is 0 Å². The Bertz CT molecular complexity index is 1620. The molecule has 10 nitrogen and oxygen atoms in total. The van der Waals surface area contributed by atoms with Crippen molar-refractivity contribution in [1.82, 2.24) is 19.8 Å². The predicted molar refractivity (Wildman–Crippen MR) is 150 cm³/mol. The minimum Gasteiger partial charge on any atom is -0.497 e. The van der Waals surface area contributed by atoms with Crippen LogP contribution in [-0.4, -0.2) is 51.1 Å². The molecule has 0 saturated heterocycles. The lowest BCUT2D eigenvalue weighted by Gasteiger charge is -2.19. The van der Waals surface area contributed by atoms with Crippen LogP contribution in [-0.2, 0) is 9.53 Å². The van der Waals surface area contributed by atoms with E-state index in [9.17, 15) is 9.59 Å². The summed E-state index contributed by atoms with van der Waals surface area (Å²) < 4.78 is 17.8. The van der Waals surface area contributed by atoms with Gasteiger partial charge in [0.15, 0.2) is 12.4 Å². The van der Waals surface area contributed by atoms with Crippen LogP contribution in [0.5, 0.6) is 5.75 Å². The van der Waals surface area contributed by atoms with E-state index in [4.69, 9.17) is 13.9 Å². The van der Waals surface area contributed by atoms with Crippen molar-refractivity contribution in [3.8, 4) is 22.8 Å². The highest BCUT2D eigenvalue weighted by Crippen LogP contribution is 2.33. The fourth-order valence-corrected chi connectivity index (χ4v) is 4.58. The molecule has 10 heteroatoms. The Morgan fingerprint density at radius 1 is 0.902 bits per heavy atom. The molecule has 6 rings (SSSR count). The van der Waals surface area contributed by atoms with Crippen molar-refractivity contribution in [3.63, 3.8) is 0 Å². The molecule has 0 N–H and O–H groups in total. The van der Waals surface area contributed by atoms with Crippen LogP contribution >= 0.6 is 0 Å². The topological polar surface area (TPSA) is 112 Å². The maximum Gasteiger partial charge on any atom is 0.378 e. The number of esters is 1. The third-order valence-electron chi connectivity index (χ3n) is 6.61. The van der Waals surface area contributed by atoms with Gasteiger partial charge < -0.3 is 13.9 Å². The number of furan rings is 1. The molecule has 2 aromatic heterocycles. The highest BCUT2D eigenvalue weighted by molar-refractivity contribution is 6.03. The molecule has 3 aromatic carbocycles. The van der Waals surface area contributed by atoms with Gasteiger partial charge in [0.05, 0.1) is 24.8 Å². The van der Waals surface area contributed by atoms with Crippen LogP contribution in [0.3, 0.4) is 0 Å². The third-order valence-corrected chi connectivity index (χ3v) is 6.61. The maximum absolute atomic E-state index is 13.3. The van der Waals surface area contributed by atoms with Crippen LogP contribution in [0.1, 0.15) is 34.4 Å². The number of aromatic nitrogens is 3. The Labute approximate surface area is 235 Å². The number of hydrazone groups is 1. The lowest BCUT2D eigenvalue weighted by atomic mass is 10.0. The number of ether oxygens (including phenoxy) is 2. The van der Waals surface area contributed by atoms with Crippen molar-refractivity contribution in [3.05, 3.63) is 120 Å². The summed E-state index contributed by atoms with van der Waals surface area (Å²) in [6, 6.07) is 29.2. The normalized spacial score (nSPS) is 14.5. The highest BCUT2D eigenvalue weighted by atomic mass is 16.5. The summed E-state index contributed by atoms with van der Waals surface area (Å²) in [6.45, 7) is -0.546. The molecule has 0 saturated carbocycles. The number of carbonyl (C=O) groups excluding carboxylic acids is 2. The Hall–Kier alpha value is -5.51. The molecule has 1 aliphatic heterocycles. The molecule has 41 heavy (non-hydrogen) atoms. The zero-order valence-electron chi connectivity index (χ0n) is 22.1. The lowest BCUT2D eigenvalue weighted by Crippen LogP contribution is -2.31. The lowest BCUT2D eigenvalue weighted by molar-refractivity contribution is -0.136. The predicted octanol–water partition coefficient (Wildman–Crippen LogP) is 5.07. The number of carbonyl (C=O) groups is 2. The van der Waals surface area contributed by atoms with Gasteiger partial charge in [-0.25, -0.2) is 19.5 Å². The van der Waals surface area contributed by atoms with Gasteiger partial charge in [-0.3, -0.25) is 4.79 Å². The van der Waals surface area contributed by atoms with E-state index in [1.807, 2.05) is 84.9 Å². The van der Waals surface area contributed by atoms with Crippen molar-refractivity contribution < 1.29 is 23.5 Å². The summed E-state index contributed by atoms with van der Waals surface area (Å²) >= 11 is 0. The van der Waals surface area contributed by atoms with Gasteiger partial charge in [0.2, 0.25) is 0 Å². The van der Waals surface area contributed by atoms with Crippen molar-refractivity contribution in [2.45, 2.75) is 12.5 Å². The van der Waals surface area contributed by atoms with E-state index in [2.05, 4.69) is 15.2 Å². The fraction of sp³-hybridized carbons (Fsp3) is 0.129. The molecule has 0 unspecified atom stereocenters. The molecule has 0 bridgehead atoms. The number of hydrogen-bond donors (Lipinski definition) is 0. The minimum atomic E-state index is -0.821. The van der Waals surface area contributed by atoms with Crippen LogP contribution < -0.4 is 4.74 Å². The van der Waals surface area contributed by atoms with Crippen molar-refractivity contribution in [1.29, 1.82) is 0 Å². The molecule has 0 radical (unpaired) electrons. The minimum absolute atomic E-state index is 0.160. The van der Waals surface area contributed by atoms with E-state index in [-0.39, 0.29) is 5.82 Å². The molecule has 1 amide bonds. The zero-order chi connectivity index (χ0) is 28.2. The number of rotatable bonds is 8. The van der Waals surface area contributed by atoms with Gasteiger partial charge in [-0.2, -0.15) is 5.10 Å². The largest absolute Gasteiger partial charge is 0.497 e. The molecule has 0 aliphatic carbocycles. The average molecular weight is 548 g/mol. The Morgan fingerprint density at radius 2 is 1.63 bits per heavy atom. The van der Waals surface area contributed by atoms with E-state index in [0.29, 0.717) is 29.5 Å². The summed E-state index contributed by atoms with van der Waals surface area (Å²) in [5, 5.41) is 10.3. The second kappa shape index (κ2) is 11.3. The first-order valence-electron chi connectivity index (χ1n) is 12.9. The van der Waals surface area contributed by atoms with Crippen LogP contribution in [0, 0.1) is 0 Å². The second-order valence-corrected chi connectivity index (χ2v) is 9.20. The SMILES string of the molecule is COc1ccc(C2=NN(C(=O)COC(=O)c3nc(-c4ccccc4)n(-c4ccccc4)n3)[C@H](c3ccco3)C2)cc1. The first kappa shape index (κ1) is 25.8. The zero-order valence-corrected chi connectivity index (χ0v) is 22.1. The Morgan fingerprint density at radius 3 is 2.32 bits per heavy atom. The standard InChI is InChI=1S/C31H25N5O5/c1-39-24-16-14-21(15-17-24)25-19-26(27-13-8-18-40-27)36(33-25)28(37)20-41-31(38)29-32-30(22-9-4-2-5-10-22)35(34-29)23-11-6-3-7-12-23/h2-18,26H,19-20H2,1H3/t26-/m0/s1. The second-order valence-electron chi connectivity index (χ2n) is 9.20. The Kier molecular flexibility index (Phi) is 7.10. The number of benzene rings is 3. The van der Waals surface area contributed by atoms with Gasteiger partial charge >= 0.3 is 5.97 Å². The molecule has 204 valence electrons. The van der Waals surface area contributed by atoms with Crippen LogP contribution in [0.2, 0.25) is 0 Å². The Balaban J connectivity index is 1.22. The van der Waals surface area contributed by atoms with E-state index < -0.39 is 24.5 Å². The number of hydrogen-bond acceptors (Lipinski definition) is 8. The number of para-hydroxylation sites is 1. The summed E-state index contributed by atoms with van der Waals surface area (Å²) in [6.07, 6.45) is 1.98. The summed E-state index contributed by atoms with van der Waals surface area (Å²) in [7, 11) is 1.60. The smallest absolute Gasteiger partial charge is 0.378 e. The molecule has 0 fully saturated rings. The molecule has 3 heterocycles. The van der Waals surface area contributed by atoms with E-state index in [0.717, 1.165) is 16.8 Å². The number of methoxy groups -OCH3 is 1. The number of amides is 1. The first-order chi connectivity index (χ1) is 20.1. The summed E-state index contributed by atoms with van der Waals surface area (Å²) in [5.74, 6) is 0.279. The van der Waals surface area contributed by atoms with Gasteiger partial charge in [0.25, 0.3) is 11.7 Å². The van der Waals surface area contributed by atoms with Crippen LogP contribution in [0.15, 0.2) is 113 Å². The van der Waals surface area contributed by atoms with Crippen LogP contribution in [0.25, 0.3) is 17.1 Å². The van der Waals surface area contributed by atoms with Crippen LogP contribution in [0.4, 0.5) is 0 Å². The van der Waals surface area contributed by atoms with Gasteiger partial charge in [-0.05, 0) is 54.1 Å². The van der Waals surface area contributed by atoms with Crippen molar-refractivity contribution in [2.75, 3.05) is 13.7 Å². The molecule has 1 aliphatic rings. The van der Waals surface area contributed by atoms with E-state index in [1.165, 1.54) is 5.01 Å². The highest BCUT2D eigenvalue weighted by Gasteiger charge is 2.35. The maximum atomic E-state index is 13.3. The fourth-order valence-electron chi connectivity index (χ4n) is 4.58. The van der Waals surface area contributed by atoms with Crippen molar-refractivity contribution >= 4 is 17.6 Å².